The summed E-state index contributed by atoms with van der Waals surface area (Å²) in [6.45, 7) is 0.284. The molecule has 8 heteroatoms. The van der Waals surface area contributed by atoms with Crippen LogP contribution >= 0.6 is 17.0 Å². The zero-order valence-electron chi connectivity index (χ0n) is 15.7. The monoisotopic (exact) mass is 456 g/mol. The van der Waals surface area contributed by atoms with Gasteiger partial charge in [-0.05, 0) is 42.0 Å². The second-order valence-electron chi connectivity index (χ2n) is 6.01. The number of carbonyl (C=O) groups excluding carboxylic acids is 2. The molecule has 0 saturated heterocycles. The number of benzene rings is 2. The van der Waals surface area contributed by atoms with Gasteiger partial charge in [-0.2, -0.15) is 0 Å². The Kier molecular flexibility index (Phi) is 7.73. The number of rotatable bonds is 5. The molecule has 0 saturated carbocycles. The number of nitrogens with two attached hydrogens (primary N) is 1. The SMILES string of the molecule is Br.COC(=O)N(Cc1ccc(C(=O)Nc2ccccc2N)cc1)c1cccnc1. The molecule has 0 bridgehead atoms. The highest BCUT2D eigenvalue weighted by molar-refractivity contribution is 8.93. The van der Waals surface area contributed by atoms with E-state index in [-0.39, 0.29) is 29.4 Å². The molecule has 0 spiro atoms. The minimum absolute atomic E-state index is 0. The number of amides is 2. The highest BCUT2D eigenvalue weighted by Gasteiger charge is 2.17. The average molecular weight is 457 g/mol. The van der Waals surface area contributed by atoms with E-state index in [9.17, 15) is 9.59 Å². The van der Waals surface area contributed by atoms with Crippen LogP contribution in [-0.2, 0) is 11.3 Å². The topological polar surface area (TPSA) is 97.5 Å². The van der Waals surface area contributed by atoms with Gasteiger partial charge in [-0.1, -0.05) is 24.3 Å². The number of carbonyl (C=O) groups is 2. The van der Waals surface area contributed by atoms with Crippen molar-refractivity contribution in [1.29, 1.82) is 0 Å². The first-order chi connectivity index (χ1) is 13.6. The molecule has 3 aromatic rings. The van der Waals surface area contributed by atoms with Crippen molar-refractivity contribution in [2.75, 3.05) is 23.1 Å². The molecule has 3 N–H and O–H groups in total. The summed E-state index contributed by atoms with van der Waals surface area (Å²) in [5, 5.41) is 2.78. The van der Waals surface area contributed by atoms with Crippen molar-refractivity contribution in [1.82, 2.24) is 4.98 Å². The molecule has 0 aliphatic carbocycles. The van der Waals surface area contributed by atoms with E-state index in [1.54, 1.807) is 73.1 Å². The minimum Gasteiger partial charge on any atom is -0.452 e. The van der Waals surface area contributed by atoms with Gasteiger partial charge < -0.3 is 15.8 Å². The first-order valence-corrected chi connectivity index (χ1v) is 8.59. The van der Waals surface area contributed by atoms with E-state index in [2.05, 4.69) is 10.3 Å². The Bertz CT molecular complexity index is 965. The van der Waals surface area contributed by atoms with Gasteiger partial charge in [-0.3, -0.25) is 14.7 Å². The van der Waals surface area contributed by atoms with Gasteiger partial charge in [-0.25, -0.2) is 4.79 Å². The zero-order valence-corrected chi connectivity index (χ0v) is 17.5. The molecule has 0 fully saturated rings. The first-order valence-electron chi connectivity index (χ1n) is 8.59. The number of ether oxygens (including phenoxy) is 1. The van der Waals surface area contributed by atoms with E-state index in [4.69, 9.17) is 10.5 Å². The summed E-state index contributed by atoms with van der Waals surface area (Å²) in [5.74, 6) is -0.262. The lowest BCUT2D eigenvalue weighted by atomic mass is 10.1. The maximum Gasteiger partial charge on any atom is 0.414 e. The van der Waals surface area contributed by atoms with E-state index in [0.29, 0.717) is 22.6 Å². The number of anilines is 3. The number of methoxy groups -OCH3 is 1. The summed E-state index contributed by atoms with van der Waals surface area (Å²) in [5.41, 5.74) is 8.85. The van der Waals surface area contributed by atoms with Crippen LogP contribution in [0.5, 0.6) is 0 Å². The number of nitrogen functional groups attached to an aromatic ring is 1. The molecular formula is C21H21BrN4O3. The smallest absolute Gasteiger partial charge is 0.414 e. The summed E-state index contributed by atoms with van der Waals surface area (Å²) in [6.07, 6.45) is 2.73. The van der Waals surface area contributed by atoms with Crippen LogP contribution in [0.4, 0.5) is 21.9 Å². The summed E-state index contributed by atoms with van der Waals surface area (Å²) in [4.78, 5) is 30.0. The molecule has 0 aliphatic heterocycles. The summed E-state index contributed by atoms with van der Waals surface area (Å²) in [7, 11) is 1.33. The van der Waals surface area contributed by atoms with Gasteiger partial charge in [0.15, 0.2) is 0 Å². The molecule has 29 heavy (non-hydrogen) atoms. The van der Waals surface area contributed by atoms with Crippen LogP contribution in [0.25, 0.3) is 0 Å². The molecule has 3 rings (SSSR count). The Morgan fingerprint density at radius 2 is 1.79 bits per heavy atom. The maximum atomic E-state index is 12.4. The number of aromatic nitrogens is 1. The van der Waals surface area contributed by atoms with Crippen LogP contribution in [0.3, 0.4) is 0 Å². The minimum atomic E-state index is -0.491. The van der Waals surface area contributed by atoms with Crippen molar-refractivity contribution in [3.05, 3.63) is 84.2 Å². The molecule has 0 radical (unpaired) electrons. The van der Waals surface area contributed by atoms with Gasteiger partial charge in [0, 0.05) is 11.8 Å². The molecule has 0 atom stereocenters. The summed E-state index contributed by atoms with van der Waals surface area (Å²) >= 11 is 0. The lowest BCUT2D eigenvalue weighted by Crippen LogP contribution is -2.30. The van der Waals surface area contributed by atoms with Crippen LogP contribution in [-0.4, -0.2) is 24.1 Å². The Hall–Kier alpha value is -3.39. The highest BCUT2D eigenvalue weighted by atomic mass is 79.9. The van der Waals surface area contributed by atoms with Gasteiger partial charge >= 0.3 is 6.09 Å². The molecule has 1 heterocycles. The van der Waals surface area contributed by atoms with Crippen LogP contribution in [0, 0.1) is 0 Å². The Morgan fingerprint density at radius 1 is 1.07 bits per heavy atom. The number of nitrogens with one attached hydrogen (secondary N) is 1. The quantitative estimate of drug-likeness (QED) is 0.558. The Labute approximate surface area is 179 Å². The lowest BCUT2D eigenvalue weighted by molar-refractivity contribution is 0.102. The van der Waals surface area contributed by atoms with Gasteiger partial charge in [0.2, 0.25) is 0 Å². The number of pyridine rings is 1. The molecule has 2 aromatic carbocycles. The first kappa shape index (κ1) is 21.9. The summed E-state index contributed by atoms with van der Waals surface area (Å²) < 4.78 is 4.86. The number of hydrogen-bond donors (Lipinski definition) is 2. The third-order valence-electron chi connectivity index (χ3n) is 4.12. The number of hydrogen-bond acceptors (Lipinski definition) is 5. The van der Waals surface area contributed by atoms with Crippen LogP contribution in [0.2, 0.25) is 0 Å². The molecular weight excluding hydrogens is 436 g/mol. The van der Waals surface area contributed by atoms with Crippen molar-refractivity contribution in [2.24, 2.45) is 0 Å². The summed E-state index contributed by atoms with van der Waals surface area (Å²) in [6, 6.07) is 17.5. The fourth-order valence-electron chi connectivity index (χ4n) is 2.63. The number of para-hydroxylation sites is 2. The predicted molar refractivity (Wildman–Crippen MR) is 118 cm³/mol. The Balaban J connectivity index is 0.00000300. The maximum absolute atomic E-state index is 12.4. The largest absolute Gasteiger partial charge is 0.452 e. The molecule has 7 nitrogen and oxygen atoms in total. The van der Waals surface area contributed by atoms with Crippen molar-refractivity contribution in [3.8, 4) is 0 Å². The van der Waals surface area contributed by atoms with Crippen molar-refractivity contribution in [2.45, 2.75) is 6.54 Å². The normalized spacial score (nSPS) is 9.83. The molecule has 0 aliphatic rings. The fraction of sp³-hybridized carbons (Fsp3) is 0.0952. The molecule has 2 amide bonds. The molecule has 0 unspecified atom stereocenters. The predicted octanol–water partition coefficient (Wildman–Crippen LogP) is 4.27. The van der Waals surface area contributed by atoms with E-state index >= 15 is 0 Å². The van der Waals surface area contributed by atoms with Gasteiger partial charge in [-0.15, -0.1) is 17.0 Å². The van der Waals surface area contributed by atoms with Crippen molar-refractivity contribution >= 4 is 46.0 Å². The zero-order chi connectivity index (χ0) is 19.9. The Morgan fingerprint density at radius 3 is 2.41 bits per heavy atom. The lowest BCUT2D eigenvalue weighted by Gasteiger charge is -2.21. The van der Waals surface area contributed by atoms with Crippen LogP contribution in [0.1, 0.15) is 15.9 Å². The van der Waals surface area contributed by atoms with E-state index in [0.717, 1.165) is 5.56 Å². The highest BCUT2D eigenvalue weighted by Crippen LogP contribution is 2.20. The van der Waals surface area contributed by atoms with Gasteiger partial charge in [0.1, 0.15) is 0 Å². The number of halogens is 1. The van der Waals surface area contributed by atoms with Crippen LogP contribution in [0.15, 0.2) is 73.1 Å². The van der Waals surface area contributed by atoms with Crippen LogP contribution < -0.4 is 16.0 Å². The van der Waals surface area contributed by atoms with Gasteiger partial charge in [0.05, 0.1) is 36.9 Å². The van der Waals surface area contributed by atoms with E-state index < -0.39 is 6.09 Å². The second kappa shape index (κ2) is 10.2. The third kappa shape index (κ3) is 5.55. The van der Waals surface area contributed by atoms with Gasteiger partial charge in [0.25, 0.3) is 5.91 Å². The van der Waals surface area contributed by atoms with Crippen molar-refractivity contribution in [3.63, 3.8) is 0 Å². The second-order valence-corrected chi connectivity index (χ2v) is 6.01. The fourth-order valence-corrected chi connectivity index (χ4v) is 2.63. The van der Waals surface area contributed by atoms with E-state index in [1.807, 2.05) is 0 Å². The number of nitrogens with zero attached hydrogens (tertiary/aromatic N) is 2. The van der Waals surface area contributed by atoms with Crippen molar-refractivity contribution < 1.29 is 14.3 Å². The standard InChI is InChI=1S/C21H20N4O3.BrH/c1-28-21(27)25(17-5-4-12-23-13-17)14-15-8-10-16(11-9-15)20(26)24-19-7-3-2-6-18(19)22;/h2-13H,14,22H2,1H3,(H,24,26);1H. The molecule has 150 valence electrons. The molecule has 1 aromatic heterocycles. The average Bonchev–Trinajstić information content (AvgIpc) is 2.74. The van der Waals surface area contributed by atoms with E-state index in [1.165, 1.54) is 12.0 Å². The third-order valence-corrected chi connectivity index (χ3v) is 4.12.